The molecule has 0 saturated carbocycles. The molecule has 0 atom stereocenters. The molecule has 0 aliphatic carbocycles. The smallest absolute Gasteiger partial charge is 0.191 e. The van der Waals surface area contributed by atoms with E-state index in [0.717, 1.165) is 36.3 Å². The number of nitrogens with one attached hydrogen (secondary N) is 2. The zero-order valence-electron chi connectivity index (χ0n) is 16.3. The maximum absolute atomic E-state index is 4.57. The average Bonchev–Trinajstić information content (AvgIpc) is 2.98. The lowest BCUT2D eigenvalue weighted by Crippen LogP contribution is -2.41. The summed E-state index contributed by atoms with van der Waals surface area (Å²) in [5.41, 5.74) is 1.04. The molecule has 1 rings (SSSR count). The van der Waals surface area contributed by atoms with Crippen molar-refractivity contribution >= 4 is 22.4 Å². The molecule has 6 nitrogen and oxygen atoms in total. The molecule has 0 aliphatic rings. The van der Waals surface area contributed by atoms with Gasteiger partial charge in [0.1, 0.15) is 0 Å². The molecule has 7 heteroatoms. The first-order valence-electron chi connectivity index (χ1n) is 8.67. The topological polar surface area (TPSA) is 55.8 Å². The van der Waals surface area contributed by atoms with Crippen molar-refractivity contribution in [3.05, 3.63) is 11.1 Å². The maximum Gasteiger partial charge on any atom is 0.191 e. The molecule has 0 spiro atoms. The highest BCUT2D eigenvalue weighted by Gasteiger charge is 2.12. The zero-order chi connectivity index (χ0) is 18.1. The van der Waals surface area contributed by atoms with Crippen molar-refractivity contribution < 1.29 is 0 Å². The van der Waals surface area contributed by atoms with Gasteiger partial charge in [0.25, 0.3) is 0 Å². The van der Waals surface area contributed by atoms with E-state index in [1.807, 2.05) is 19.0 Å². The second-order valence-corrected chi connectivity index (χ2v) is 7.48. The summed E-state index contributed by atoms with van der Waals surface area (Å²) in [7, 11) is 5.82. The average molecular weight is 355 g/mol. The zero-order valence-corrected chi connectivity index (χ0v) is 17.1. The van der Waals surface area contributed by atoms with Crippen LogP contribution in [0.3, 0.4) is 0 Å². The maximum atomic E-state index is 4.57. The third kappa shape index (κ3) is 7.05. The first kappa shape index (κ1) is 20.7. The van der Waals surface area contributed by atoms with E-state index in [-0.39, 0.29) is 0 Å². The standard InChI is InChI=1S/C17H34N6S/c1-13(2)23(14(3)4)10-8-9-19-16(18-5)20-11-15-12-24-17(21-15)22(6)7/h12-14H,8-11H2,1-7H3,(H2,18,19,20). The third-order valence-corrected chi connectivity index (χ3v) is 4.85. The molecule has 0 saturated heterocycles. The monoisotopic (exact) mass is 354 g/mol. The fourth-order valence-electron chi connectivity index (χ4n) is 2.56. The first-order valence-corrected chi connectivity index (χ1v) is 9.55. The lowest BCUT2D eigenvalue weighted by atomic mass is 10.2. The largest absolute Gasteiger partial charge is 0.356 e. The number of nitrogens with zero attached hydrogens (tertiary/aromatic N) is 4. The van der Waals surface area contributed by atoms with Crippen molar-refractivity contribution in [1.29, 1.82) is 0 Å². The van der Waals surface area contributed by atoms with Crippen LogP contribution in [0.25, 0.3) is 0 Å². The van der Waals surface area contributed by atoms with Gasteiger partial charge < -0.3 is 15.5 Å². The van der Waals surface area contributed by atoms with E-state index in [2.05, 4.69) is 58.6 Å². The molecule has 0 amide bonds. The Morgan fingerprint density at radius 2 is 1.88 bits per heavy atom. The van der Waals surface area contributed by atoms with Crippen LogP contribution in [-0.2, 0) is 6.54 Å². The first-order chi connectivity index (χ1) is 11.3. The molecule has 0 radical (unpaired) electrons. The molecule has 1 aromatic rings. The quantitative estimate of drug-likeness (QED) is 0.405. The van der Waals surface area contributed by atoms with E-state index in [1.54, 1.807) is 18.4 Å². The molecular formula is C17H34N6S. The van der Waals surface area contributed by atoms with Gasteiger partial charge in [-0.3, -0.25) is 9.89 Å². The van der Waals surface area contributed by atoms with Gasteiger partial charge in [0, 0.05) is 51.7 Å². The molecule has 24 heavy (non-hydrogen) atoms. The molecule has 1 heterocycles. The van der Waals surface area contributed by atoms with Crippen LogP contribution >= 0.6 is 11.3 Å². The van der Waals surface area contributed by atoms with Gasteiger partial charge in [-0.05, 0) is 34.1 Å². The molecule has 0 bridgehead atoms. The number of aliphatic imine (C=N–C) groups is 1. The SMILES string of the molecule is CN=C(NCCCN(C(C)C)C(C)C)NCc1csc(N(C)C)n1. The van der Waals surface area contributed by atoms with Crippen LogP contribution in [0, 0.1) is 0 Å². The number of aromatic nitrogens is 1. The van der Waals surface area contributed by atoms with Crippen molar-refractivity contribution in [3.63, 3.8) is 0 Å². The van der Waals surface area contributed by atoms with E-state index < -0.39 is 0 Å². The number of rotatable bonds is 9. The molecular weight excluding hydrogens is 320 g/mol. The molecule has 0 unspecified atom stereocenters. The van der Waals surface area contributed by atoms with Gasteiger partial charge >= 0.3 is 0 Å². The summed E-state index contributed by atoms with van der Waals surface area (Å²) >= 11 is 1.66. The van der Waals surface area contributed by atoms with Gasteiger partial charge in [0.2, 0.25) is 0 Å². The predicted octanol–water partition coefficient (Wildman–Crippen LogP) is 2.38. The van der Waals surface area contributed by atoms with Crippen LogP contribution in [0.1, 0.15) is 39.8 Å². The van der Waals surface area contributed by atoms with Gasteiger partial charge in [-0.1, -0.05) is 0 Å². The van der Waals surface area contributed by atoms with Crippen LogP contribution < -0.4 is 15.5 Å². The van der Waals surface area contributed by atoms with Crippen LogP contribution in [0.5, 0.6) is 0 Å². The van der Waals surface area contributed by atoms with Crippen molar-refractivity contribution in [1.82, 2.24) is 20.5 Å². The van der Waals surface area contributed by atoms with Gasteiger partial charge in [-0.15, -0.1) is 11.3 Å². The predicted molar refractivity (Wildman–Crippen MR) is 106 cm³/mol. The minimum absolute atomic E-state index is 0.581. The van der Waals surface area contributed by atoms with E-state index in [4.69, 9.17) is 0 Å². The van der Waals surface area contributed by atoms with Gasteiger partial charge in [0.05, 0.1) is 12.2 Å². The van der Waals surface area contributed by atoms with Crippen LogP contribution in [0.15, 0.2) is 10.4 Å². The Kier molecular flexibility index (Phi) is 9.07. The Hall–Kier alpha value is -1.34. The minimum atomic E-state index is 0.581. The molecule has 138 valence electrons. The highest BCUT2D eigenvalue weighted by atomic mass is 32.1. The lowest BCUT2D eigenvalue weighted by Gasteiger charge is -2.30. The number of guanidine groups is 1. The summed E-state index contributed by atoms with van der Waals surface area (Å²) < 4.78 is 0. The Morgan fingerprint density at radius 3 is 2.38 bits per heavy atom. The van der Waals surface area contributed by atoms with Crippen LogP contribution in [0.2, 0.25) is 0 Å². The van der Waals surface area contributed by atoms with Gasteiger partial charge in [-0.25, -0.2) is 4.98 Å². The minimum Gasteiger partial charge on any atom is -0.356 e. The summed E-state index contributed by atoms with van der Waals surface area (Å²) in [6.45, 7) is 11.7. The Morgan fingerprint density at radius 1 is 1.21 bits per heavy atom. The summed E-state index contributed by atoms with van der Waals surface area (Å²) in [6, 6.07) is 1.16. The van der Waals surface area contributed by atoms with E-state index in [9.17, 15) is 0 Å². The second kappa shape index (κ2) is 10.5. The Balaban J connectivity index is 2.32. The normalized spacial score (nSPS) is 12.3. The van der Waals surface area contributed by atoms with Crippen molar-refractivity contribution in [2.45, 2.75) is 52.7 Å². The van der Waals surface area contributed by atoms with E-state index in [0.29, 0.717) is 18.6 Å². The fourth-order valence-corrected chi connectivity index (χ4v) is 3.32. The molecule has 1 aromatic heterocycles. The molecule has 0 aliphatic heterocycles. The van der Waals surface area contributed by atoms with E-state index in [1.165, 1.54) is 0 Å². The molecule has 2 N–H and O–H groups in total. The number of anilines is 1. The summed E-state index contributed by atoms with van der Waals surface area (Å²) in [6.07, 6.45) is 1.10. The van der Waals surface area contributed by atoms with Gasteiger partial charge in [-0.2, -0.15) is 0 Å². The van der Waals surface area contributed by atoms with Gasteiger partial charge in [0.15, 0.2) is 11.1 Å². The number of thiazole rings is 1. The van der Waals surface area contributed by atoms with E-state index >= 15 is 0 Å². The van der Waals surface area contributed by atoms with Crippen LogP contribution in [0.4, 0.5) is 5.13 Å². The lowest BCUT2D eigenvalue weighted by molar-refractivity contribution is 0.173. The Bertz CT molecular complexity index is 487. The van der Waals surface area contributed by atoms with Crippen molar-refractivity contribution in [3.8, 4) is 0 Å². The third-order valence-electron chi connectivity index (χ3n) is 3.79. The number of hydrogen-bond acceptors (Lipinski definition) is 5. The highest BCUT2D eigenvalue weighted by Crippen LogP contribution is 2.17. The summed E-state index contributed by atoms with van der Waals surface area (Å²) in [5, 5.41) is 9.81. The molecule has 0 aromatic carbocycles. The van der Waals surface area contributed by atoms with Crippen molar-refractivity contribution in [2.75, 3.05) is 39.1 Å². The Labute approximate surface area is 151 Å². The summed E-state index contributed by atoms with van der Waals surface area (Å²) in [4.78, 5) is 13.4. The highest BCUT2D eigenvalue weighted by molar-refractivity contribution is 7.13. The fraction of sp³-hybridized carbons (Fsp3) is 0.765. The molecule has 0 fully saturated rings. The van der Waals surface area contributed by atoms with Crippen LogP contribution in [-0.4, -0.2) is 62.2 Å². The second-order valence-electron chi connectivity index (χ2n) is 6.65. The van der Waals surface area contributed by atoms with Crippen molar-refractivity contribution in [2.24, 2.45) is 4.99 Å². The summed E-state index contributed by atoms with van der Waals surface area (Å²) in [5.74, 6) is 0.829. The number of hydrogen-bond donors (Lipinski definition) is 2.